The molecule has 0 aliphatic heterocycles. The van der Waals surface area contributed by atoms with Crippen molar-refractivity contribution in [2.24, 2.45) is 7.05 Å². The fraction of sp³-hybridized carbons (Fsp3) is 0.409. The lowest BCUT2D eigenvalue weighted by molar-refractivity contribution is -0.118. The van der Waals surface area contributed by atoms with Gasteiger partial charge in [0.25, 0.3) is 0 Å². The van der Waals surface area contributed by atoms with Crippen LogP contribution >= 0.6 is 0 Å². The van der Waals surface area contributed by atoms with Gasteiger partial charge in [0.15, 0.2) is 17.1 Å². The first-order valence-electron chi connectivity index (χ1n) is 9.67. The van der Waals surface area contributed by atoms with Gasteiger partial charge < -0.3 is 19.1 Å². The number of fused-ring (bicyclic) bond motifs is 1. The number of benzene rings is 1. The van der Waals surface area contributed by atoms with Crippen LogP contribution in [0.5, 0.6) is 17.4 Å². The number of aryl methyl sites for hydroxylation is 3. The van der Waals surface area contributed by atoms with E-state index in [0.717, 1.165) is 33.5 Å². The van der Waals surface area contributed by atoms with E-state index in [4.69, 9.17) is 19.2 Å². The zero-order chi connectivity index (χ0) is 22.0. The Morgan fingerprint density at radius 2 is 1.80 bits per heavy atom. The first-order chi connectivity index (χ1) is 14.3. The van der Waals surface area contributed by atoms with Crippen molar-refractivity contribution in [3.63, 3.8) is 0 Å². The number of aromatic nitrogens is 3. The van der Waals surface area contributed by atoms with Gasteiger partial charge in [0, 0.05) is 38.0 Å². The monoisotopic (exact) mass is 412 g/mol. The molecule has 0 saturated carbocycles. The summed E-state index contributed by atoms with van der Waals surface area (Å²) in [6, 6.07) is 5.42. The van der Waals surface area contributed by atoms with E-state index in [1.165, 1.54) is 0 Å². The molecule has 0 saturated heterocycles. The van der Waals surface area contributed by atoms with Gasteiger partial charge in [-0.1, -0.05) is 0 Å². The highest BCUT2D eigenvalue weighted by molar-refractivity contribution is 5.93. The van der Waals surface area contributed by atoms with Crippen molar-refractivity contribution in [3.8, 4) is 17.4 Å². The molecule has 0 spiro atoms. The molecule has 0 radical (unpaired) electrons. The van der Waals surface area contributed by atoms with E-state index in [2.05, 4.69) is 5.10 Å². The number of anilines is 1. The summed E-state index contributed by atoms with van der Waals surface area (Å²) in [5.41, 5.74) is 4.51. The molecule has 0 aliphatic rings. The Hall–Kier alpha value is -3.29. The topological polar surface area (TPSA) is 78.7 Å². The second-order valence-corrected chi connectivity index (χ2v) is 7.12. The van der Waals surface area contributed by atoms with E-state index in [-0.39, 0.29) is 5.91 Å². The predicted octanol–water partition coefficient (Wildman–Crippen LogP) is 3.21. The number of ether oxygens (including phenoxy) is 3. The largest absolute Gasteiger partial charge is 0.493 e. The van der Waals surface area contributed by atoms with Gasteiger partial charge >= 0.3 is 0 Å². The third kappa shape index (κ3) is 3.77. The van der Waals surface area contributed by atoms with E-state index in [1.54, 1.807) is 50.1 Å². The smallest absolute Gasteiger partial charge is 0.242 e. The Balaban J connectivity index is 1.83. The van der Waals surface area contributed by atoms with Crippen molar-refractivity contribution < 1.29 is 19.0 Å². The molecular weight excluding hydrogens is 384 g/mol. The normalized spacial score (nSPS) is 10.9. The van der Waals surface area contributed by atoms with Crippen LogP contribution in [0, 0.1) is 13.8 Å². The lowest BCUT2D eigenvalue weighted by atomic mass is 10.00. The minimum Gasteiger partial charge on any atom is -0.493 e. The third-order valence-electron chi connectivity index (χ3n) is 5.43. The maximum Gasteiger partial charge on any atom is 0.242 e. The summed E-state index contributed by atoms with van der Waals surface area (Å²) in [5.74, 6) is 1.75. The van der Waals surface area contributed by atoms with E-state index in [0.29, 0.717) is 30.2 Å². The van der Waals surface area contributed by atoms with Crippen LogP contribution in [0.2, 0.25) is 0 Å². The molecule has 1 aromatic carbocycles. The summed E-state index contributed by atoms with van der Waals surface area (Å²) in [6.45, 7) is 3.99. The van der Waals surface area contributed by atoms with Crippen molar-refractivity contribution in [2.45, 2.75) is 26.7 Å². The zero-order valence-corrected chi connectivity index (χ0v) is 18.6. The Kier molecular flexibility index (Phi) is 6.14. The molecule has 0 unspecified atom stereocenters. The summed E-state index contributed by atoms with van der Waals surface area (Å²) >= 11 is 0. The Morgan fingerprint density at radius 3 is 2.43 bits per heavy atom. The maximum absolute atomic E-state index is 12.9. The molecular formula is C22H28N4O4. The number of methoxy groups -OCH3 is 3. The van der Waals surface area contributed by atoms with Crippen LogP contribution in [-0.4, -0.2) is 49.0 Å². The van der Waals surface area contributed by atoms with Crippen LogP contribution in [0.3, 0.4) is 0 Å². The van der Waals surface area contributed by atoms with E-state index < -0.39 is 0 Å². The summed E-state index contributed by atoms with van der Waals surface area (Å²) in [5, 5.41) is 5.27. The average Bonchev–Trinajstić information content (AvgIpc) is 3.07. The Labute approximate surface area is 176 Å². The Bertz CT molecular complexity index is 1090. The quantitative estimate of drug-likeness (QED) is 0.593. The van der Waals surface area contributed by atoms with Crippen LogP contribution in [0.25, 0.3) is 11.0 Å². The van der Waals surface area contributed by atoms with Crippen molar-refractivity contribution in [2.75, 3.05) is 33.3 Å². The van der Waals surface area contributed by atoms with Gasteiger partial charge in [0.05, 0.1) is 26.7 Å². The number of hydrogen-bond donors (Lipinski definition) is 0. The molecule has 30 heavy (non-hydrogen) atoms. The van der Waals surface area contributed by atoms with Gasteiger partial charge in [0.1, 0.15) is 0 Å². The van der Waals surface area contributed by atoms with Gasteiger partial charge in [0.2, 0.25) is 11.8 Å². The van der Waals surface area contributed by atoms with Gasteiger partial charge in [-0.05, 0) is 43.5 Å². The SMILES string of the molecule is COc1ccc(N(C)C(=O)CCc2c(C)nc3c(c(OC)nn3C)c2C)cc1OC. The molecule has 0 aliphatic carbocycles. The predicted molar refractivity (Wildman–Crippen MR) is 116 cm³/mol. The number of rotatable bonds is 7. The highest BCUT2D eigenvalue weighted by atomic mass is 16.5. The minimum atomic E-state index is -0.000677. The van der Waals surface area contributed by atoms with Gasteiger partial charge in [-0.25, -0.2) is 9.67 Å². The van der Waals surface area contributed by atoms with E-state index in [1.807, 2.05) is 27.0 Å². The second-order valence-electron chi connectivity index (χ2n) is 7.12. The lowest BCUT2D eigenvalue weighted by Crippen LogP contribution is -2.26. The summed E-state index contributed by atoms with van der Waals surface area (Å²) in [7, 11) is 8.36. The summed E-state index contributed by atoms with van der Waals surface area (Å²) in [6.07, 6.45) is 0.928. The number of carbonyl (C=O) groups is 1. The number of amides is 1. The molecule has 3 aromatic rings. The van der Waals surface area contributed by atoms with Crippen molar-refractivity contribution in [3.05, 3.63) is 35.0 Å². The average molecular weight is 412 g/mol. The van der Waals surface area contributed by atoms with E-state index in [9.17, 15) is 4.79 Å². The molecule has 8 nitrogen and oxygen atoms in total. The highest BCUT2D eigenvalue weighted by Crippen LogP contribution is 2.32. The van der Waals surface area contributed by atoms with Crippen LogP contribution in [0.1, 0.15) is 23.2 Å². The number of pyridine rings is 1. The molecule has 0 N–H and O–H groups in total. The van der Waals surface area contributed by atoms with E-state index >= 15 is 0 Å². The van der Waals surface area contributed by atoms with Gasteiger partial charge in [-0.3, -0.25) is 4.79 Å². The molecule has 0 bridgehead atoms. The number of hydrogen-bond acceptors (Lipinski definition) is 6. The van der Waals surface area contributed by atoms with Crippen LogP contribution < -0.4 is 19.1 Å². The molecule has 0 atom stereocenters. The van der Waals surface area contributed by atoms with Crippen LogP contribution in [0.15, 0.2) is 18.2 Å². The fourth-order valence-corrected chi connectivity index (χ4v) is 3.68. The van der Waals surface area contributed by atoms with Gasteiger partial charge in [-0.2, -0.15) is 0 Å². The molecule has 3 rings (SSSR count). The standard InChI is InChI=1S/C22H28N4O4/c1-13-16(14(2)23-21-20(13)22(30-7)24-26(21)4)9-11-19(27)25(3)15-8-10-17(28-5)18(12-15)29-6/h8,10,12H,9,11H2,1-7H3. The lowest BCUT2D eigenvalue weighted by Gasteiger charge is -2.19. The first kappa shape index (κ1) is 21.4. The van der Waals surface area contributed by atoms with Crippen LogP contribution in [-0.2, 0) is 18.3 Å². The molecule has 160 valence electrons. The fourth-order valence-electron chi connectivity index (χ4n) is 3.68. The van der Waals surface area contributed by atoms with Crippen LogP contribution in [0.4, 0.5) is 5.69 Å². The Morgan fingerprint density at radius 1 is 1.10 bits per heavy atom. The van der Waals surface area contributed by atoms with Crippen molar-refractivity contribution >= 4 is 22.6 Å². The third-order valence-corrected chi connectivity index (χ3v) is 5.43. The summed E-state index contributed by atoms with van der Waals surface area (Å²) in [4.78, 5) is 19.2. The molecule has 0 fully saturated rings. The highest BCUT2D eigenvalue weighted by Gasteiger charge is 2.20. The molecule has 2 heterocycles. The molecule has 2 aromatic heterocycles. The second kappa shape index (κ2) is 8.61. The minimum absolute atomic E-state index is 0.000677. The summed E-state index contributed by atoms with van der Waals surface area (Å²) < 4.78 is 17.7. The van der Waals surface area contributed by atoms with Crippen molar-refractivity contribution in [1.82, 2.24) is 14.8 Å². The maximum atomic E-state index is 12.9. The number of carbonyl (C=O) groups excluding carboxylic acids is 1. The molecule has 1 amide bonds. The first-order valence-corrected chi connectivity index (χ1v) is 9.67. The van der Waals surface area contributed by atoms with Gasteiger partial charge in [-0.15, -0.1) is 5.10 Å². The molecule has 8 heteroatoms. The number of nitrogens with zero attached hydrogens (tertiary/aromatic N) is 4. The zero-order valence-electron chi connectivity index (χ0n) is 18.6. The van der Waals surface area contributed by atoms with Crippen molar-refractivity contribution in [1.29, 1.82) is 0 Å².